The number of allylic oxidation sites excluding steroid dienone is 3. The van der Waals surface area contributed by atoms with E-state index in [0.29, 0.717) is 11.1 Å². The molecular formula is C9H10O4. The van der Waals surface area contributed by atoms with Crippen molar-refractivity contribution in [1.82, 2.24) is 0 Å². The Labute approximate surface area is 75.8 Å². The van der Waals surface area contributed by atoms with Crippen LogP contribution < -0.4 is 0 Å². The fourth-order valence-corrected chi connectivity index (χ4v) is 1.00. The molecule has 0 amide bonds. The van der Waals surface area contributed by atoms with Crippen molar-refractivity contribution >= 4 is 5.97 Å². The van der Waals surface area contributed by atoms with Gasteiger partial charge in [-0.25, -0.2) is 4.79 Å². The highest BCUT2D eigenvalue weighted by atomic mass is 16.6. The number of aliphatic hydroxyl groups is 1. The van der Waals surface area contributed by atoms with Crippen molar-refractivity contribution < 1.29 is 19.4 Å². The number of aliphatic hydroxyl groups excluding tert-OH is 1. The van der Waals surface area contributed by atoms with Gasteiger partial charge in [-0.3, -0.25) is 0 Å². The first-order chi connectivity index (χ1) is 6.20. The van der Waals surface area contributed by atoms with Crippen LogP contribution in [-0.4, -0.2) is 25.3 Å². The lowest BCUT2D eigenvalue weighted by Crippen LogP contribution is -2.06. The van der Waals surface area contributed by atoms with Crippen LogP contribution in [0.5, 0.6) is 0 Å². The Morgan fingerprint density at radius 1 is 1.38 bits per heavy atom. The molecule has 1 aliphatic carbocycles. The Kier molecular flexibility index (Phi) is 2.74. The Morgan fingerprint density at radius 2 is 2.08 bits per heavy atom. The van der Waals surface area contributed by atoms with Gasteiger partial charge < -0.3 is 14.6 Å². The summed E-state index contributed by atoms with van der Waals surface area (Å²) in [6, 6.07) is 0. The van der Waals surface area contributed by atoms with Crippen molar-refractivity contribution in [2.24, 2.45) is 0 Å². The van der Waals surface area contributed by atoms with Crippen LogP contribution in [0.3, 0.4) is 0 Å². The van der Waals surface area contributed by atoms with Crippen molar-refractivity contribution in [1.29, 1.82) is 0 Å². The van der Waals surface area contributed by atoms with Crippen LogP contribution in [0, 0.1) is 0 Å². The molecule has 4 heteroatoms. The van der Waals surface area contributed by atoms with Gasteiger partial charge in [-0.2, -0.15) is 0 Å². The van der Waals surface area contributed by atoms with E-state index in [1.54, 1.807) is 18.2 Å². The molecule has 0 heterocycles. The topological polar surface area (TPSA) is 55.8 Å². The number of carbonyl (C=O) groups is 1. The van der Waals surface area contributed by atoms with E-state index < -0.39 is 5.97 Å². The maximum Gasteiger partial charge on any atom is 0.338 e. The highest BCUT2D eigenvalue weighted by Crippen LogP contribution is 2.22. The Balaban J connectivity index is 2.97. The number of ether oxygens (including phenoxy) is 2. The summed E-state index contributed by atoms with van der Waals surface area (Å²) in [7, 11) is 2.60. The molecule has 1 rings (SSSR count). The monoisotopic (exact) mass is 182 g/mol. The van der Waals surface area contributed by atoms with Gasteiger partial charge in [0, 0.05) is 0 Å². The Bertz CT molecular complexity index is 310. The summed E-state index contributed by atoms with van der Waals surface area (Å²) in [4.78, 5) is 11.1. The number of hydrogen-bond acceptors (Lipinski definition) is 4. The summed E-state index contributed by atoms with van der Waals surface area (Å²) in [5, 5.41) is 9.23. The summed E-state index contributed by atoms with van der Waals surface area (Å²) in [5.74, 6) is -0.783. The fourth-order valence-electron chi connectivity index (χ4n) is 1.00. The molecule has 0 radical (unpaired) electrons. The number of carbonyl (C=O) groups excluding carboxylic acids is 1. The van der Waals surface area contributed by atoms with Gasteiger partial charge in [0.1, 0.15) is 0 Å². The second-order valence-corrected chi connectivity index (χ2v) is 2.35. The molecule has 0 spiro atoms. The maximum atomic E-state index is 11.1. The summed E-state index contributed by atoms with van der Waals surface area (Å²) in [5.41, 5.74) is 0.635. The van der Waals surface area contributed by atoms with Gasteiger partial charge >= 0.3 is 5.97 Å². The predicted octanol–water partition coefficient (Wildman–Crippen LogP) is 1.07. The van der Waals surface area contributed by atoms with Gasteiger partial charge in [-0.05, 0) is 12.2 Å². The molecule has 1 N–H and O–H groups in total. The SMILES string of the molecule is COC(=O)C1=CC=CC1=C(O)OC. The molecule has 0 saturated carbocycles. The van der Waals surface area contributed by atoms with Gasteiger partial charge in [0.05, 0.1) is 25.4 Å². The molecule has 0 aromatic heterocycles. The molecule has 0 aromatic rings. The van der Waals surface area contributed by atoms with E-state index in [1.165, 1.54) is 14.2 Å². The highest BCUT2D eigenvalue weighted by molar-refractivity contribution is 5.96. The van der Waals surface area contributed by atoms with Crippen LogP contribution in [0.1, 0.15) is 0 Å². The lowest BCUT2D eigenvalue weighted by atomic mass is 10.1. The van der Waals surface area contributed by atoms with Gasteiger partial charge in [0.2, 0.25) is 0 Å². The molecule has 0 unspecified atom stereocenters. The van der Waals surface area contributed by atoms with E-state index in [0.717, 1.165) is 0 Å². The van der Waals surface area contributed by atoms with Crippen LogP contribution in [0.15, 0.2) is 35.3 Å². The smallest absolute Gasteiger partial charge is 0.338 e. The van der Waals surface area contributed by atoms with Crippen LogP contribution in [0.2, 0.25) is 0 Å². The summed E-state index contributed by atoms with van der Waals surface area (Å²) in [6.45, 7) is 0. The minimum atomic E-state index is -0.497. The van der Waals surface area contributed by atoms with E-state index in [-0.39, 0.29) is 5.95 Å². The lowest BCUT2D eigenvalue weighted by Gasteiger charge is -2.04. The zero-order chi connectivity index (χ0) is 9.84. The Morgan fingerprint density at radius 3 is 2.62 bits per heavy atom. The highest BCUT2D eigenvalue weighted by Gasteiger charge is 2.20. The number of esters is 1. The number of methoxy groups -OCH3 is 2. The molecule has 0 aliphatic heterocycles. The summed E-state index contributed by atoms with van der Waals surface area (Å²) < 4.78 is 9.11. The number of hydrogen-bond donors (Lipinski definition) is 1. The third kappa shape index (κ3) is 1.72. The van der Waals surface area contributed by atoms with E-state index in [2.05, 4.69) is 9.47 Å². The van der Waals surface area contributed by atoms with E-state index >= 15 is 0 Å². The second-order valence-electron chi connectivity index (χ2n) is 2.35. The van der Waals surface area contributed by atoms with Crippen molar-refractivity contribution in [2.75, 3.05) is 14.2 Å². The quantitative estimate of drug-likeness (QED) is 0.512. The second kappa shape index (κ2) is 3.80. The van der Waals surface area contributed by atoms with Crippen LogP contribution in [0.4, 0.5) is 0 Å². The summed E-state index contributed by atoms with van der Waals surface area (Å²) >= 11 is 0. The van der Waals surface area contributed by atoms with Gasteiger partial charge in [0.15, 0.2) is 0 Å². The fraction of sp³-hybridized carbons (Fsp3) is 0.222. The minimum absolute atomic E-state index is 0.287. The molecule has 0 aromatic carbocycles. The molecule has 13 heavy (non-hydrogen) atoms. The first-order valence-corrected chi connectivity index (χ1v) is 3.65. The lowest BCUT2D eigenvalue weighted by molar-refractivity contribution is -0.135. The zero-order valence-electron chi connectivity index (χ0n) is 7.40. The zero-order valence-corrected chi connectivity index (χ0v) is 7.40. The van der Waals surface area contributed by atoms with Gasteiger partial charge in [-0.1, -0.05) is 6.08 Å². The average molecular weight is 182 g/mol. The van der Waals surface area contributed by atoms with Crippen molar-refractivity contribution in [3.8, 4) is 0 Å². The first-order valence-electron chi connectivity index (χ1n) is 3.65. The molecule has 0 saturated heterocycles. The predicted molar refractivity (Wildman–Crippen MR) is 45.9 cm³/mol. The first kappa shape index (κ1) is 9.38. The van der Waals surface area contributed by atoms with Crippen LogP contribution >= 0.6 is 0 Å². The van der Waals surface area contributed by atoms with Crippen molar-refractivity contribution in [2.45, 2.75) is 0 Å². The molecule has 0 atom stereocenters. The Hall–Kier alpha value is -1.71. The van der Waals surface area contributed by atoms with E-state index in [9.17, 15) is 9.90 Å². The molecule has 0 bridgehead atoms. The third-order valence-electron chi connectivity index (χ3n) is 1.65. The normalized spacial score (nSPS) is 18.2. The van der Waals surface area contributed by atoms with Crippen molar-refractivity contribution in [3.63, 3.8) is 0 Å². The standard InChI is InChI=1S/C9H10O4/c1-12-8(10)6-4-3-5-7(6)9(11)13-2/h3-5,10H,1-2H3. The van der Waals surface area contributed by atoms with E-state index in [4.69, 9.17) is 0 Å². The van der Waals surface area contributed by atoms with Crippen molar-refractivity contribution in [3.05, 3.63) is 35.3 Å². The molecule has 70 valence electrons. The molecule has 0 fully saturated rings. The van der Waals surface area contributed by atoms with Crippen LogP contribution in [-0.2, 0) is 14.3 Å². The summed E-state index contributed by atoms with van der Waals surface area (Å²) in [6.07, 6.45) is 4.76. The van der Waals surface area contributed by atoms with Gasteiger partial charge in [-0.15, -0.1) is 0 Å². The molecule has 4 nitrogen and oxygen atoms in total. The maximum absolute atomic E-state index is 11.1. The molecule has 1 aliphatic rings. The molecular weight excluding hydrogens is 172 g/mol. The minimum Gasteiger partial charge on any atom is -0.481 e. The number of rotatable bonds is 2. The average Bonchev–Trinajstić information content (AvgIpc) is 2.63. The van der Waals surface area contributed by atoms with Crippen LogP contribution in [0.25, 0.3) is 0 Å². The van der Waals surface area contributed by atoms with Gasteiger partial charge in [0.25, 0.3) is 5.95 Å². The van der Waals surface area contributed by atoms with E-state index in [1.807, 2.05) is 0 Å². The third-order valence-corrected chi connectivity index (χ3v) is 1.65. The largest absolute Gasteiger partial charge is 0.481 e.